The maximum atomic E-state index is 11.4. The molecule has 0 aromatic heterocycles. The number of hydrogen-bond acceptors (Lipinski definition) is 2. The molecule has 0 fully saturated rings. The number of amides is 1. The Bertz CT molecular complexity index is 208. The zero-order valence-electron chi connectivity index (χ0n) is 15.8. The van der Waals surface area contributed by atoms with E-state index in [1.807, 2.05) is 14.1 Å². The molecule has 0 saturated carbocycles. The van der Waals surface area contributed by atoms with Crippen LogP contribution in [0.4, 0.5) is 0 Å². The molecule has 0 heterocycles. The van der Waals surface area contributed by atoms with Crippen molar-refractivity contribution in [1.29, 1.82) is 0 Å². The third-order valence-corrected chi connectivity index (χ3v) is 3.58. The summed E-state index contributed by atoms with van der Waals surface area (Å²) in [6.07, 6.45) is 16.5. The van der Waals surface area contributed by atoms with E-state index >= 15 is 0 Å². The average Bonchev–Trinajstić information content (AvgIpc) is 2.51. The smallest absolute Gasteiger partial charge is 0.219 e. The zero-order valence-corrected chi connectivity index (χ0v) is 15.8. The third kappa shape index (κ3) is 24.4. The highest BCUT2D eigenvalue weighted by Crippen LogP contribution is 2.11. The van der Waals surface area contributed by atoms with Crippen LogP contribution in [-0.4, -0.2) is 26.5 Å². The second-order valence-corrected chi connectivity index (χ2v) is 6.14. The largest absolute Gasteiger partial charge is 0.356 e. The van der Waals surface area contributed by atoms with Crippen molar-refractivity contribution in [2.45, 2.75) is 97.3 Å². The zero-order chi connectivity index (χ0) is 16.9. The van der Waals surface area contributed by atoms with E-state index in [-0.39, 0.29) is 5.91 Å². The molecule has 1 amide bonds. The molecule has 0 radical (unpaired) electrons. The Labute approximate surface area is 140 Å². The molecule has 0 rings (SSSR count). The fourth-order valence-corrected chi connectivity index (χ4v) is 2.30. The van der Waals surface area contributed by atoms with Gasteiger partial charge in [0, 0.05) is 13.0 Å². The summed E-state index contributed by atoms with van der Waals surface area (Å²) in [5, 5.41) is 5.68. The highest BCUT2D eigenvalue weighted by Gasteiger charge is 1.99. The second kappa shape index (κ2) is 22.7. The molecule has 0 spiro atoms. The Kier molecular flexibility index (Phi) is 24.5. The minimum absolute atomic E-state index is 0.234. The van der Waals surface area contributed by atoms with Gasteiger partial charge in [-0.05, 0) is 26.9 Å². The van der Waals surface area contributed by atoms with E-state index in [1.54, 1.807) is 0 Å². The standard InChI is InChI=1S/C17H35NO.C2H7N/c1-3-5-6-7-8-9-10-11-12-13-14-15-17(19)18-16-4-2;1-3-2/h3-16H2,1-2H3,(H,18,19);3H,1-2H3. The lowest BCUT2D eigenvalue weighted by Gasteiger charge is -2.04. The Morgan fingerprint density at radius 1 is 0.682 bits per heavy atom. The van der Waals surface area contributed by atoms with Crippen LogP contribution in [0.15, 0.2) is 0 Å². The topological polar surface area (TPSA) is 41.1 Å². The van der Waals surface area contributed by atoms with Gasteiger partial charge in [0.2, 0.25) is 5.91 Å². The number of unbranched alkanes of at least 4 members (excludes halogenated alkanes) is 10. The van der Waals surface area contributed by atoms with E-state index in [0.29, 0.717) is 0 Å². The quantitative estimate of drug-likeness (QED) is 0.441. The summed E-state index contributed by atoms with van der Waals surface area (Å²) in [5.74, 6) is 0.234. The Morgan fingerprint density at radius 3 is 1.50 bits per heavy atom. The van der Waals surface area contributed by atoms with Gasteiger partial charge in [0.25, 0.3) is 0 Å². The predicted octanol–water partition coefficient (Wildman–Crippen LogP) is 5.05. The summed E-state index contributed by atoms with van der Waals surface area (Å²) in [4.78, 5) is 11.4. The first kappa shape index (κ1) is 23.7. The van der Waals surface area contributed by atoms with Crippen molar-refractivity contribution in [2.75, 3.05) is 20.6 Å². The van der Waals surface area contributed by atoms with Crippen LogP contribution in [0.25, 0.3) is 0 Å². The van der Waals surface area contributed by atoms with Crippen LogP contribution in [0, 0.1) is 0 Å². The van der Waals surface area contributed by atoms with Gasteiger partial charge in [-0.2, -0.15) is 0 Å². The molecule has 0 saturated heterocycles. The first-order valence-electron chi connectivity index (χ1n) is 9.58. The van der Waals surface area contributed by atoms with E-state index in [2.05, 4.69) is 24.5 Å². The molecule has 0 unspecified atom stereocenters. The highest BCUT2D eigenvalue weighted by atomic mass is 16.1. The van der Waals surface area contributed by atoms with Gasteiger partial charge >= 0.3 is 0 Å². The van der Waals surface area contributed by atoms with Gasteiger partial charge in [0.05, 0.1) is 0 Å². The van der Waals surface area contributed by atoms with Crippen molar-refractivity contribution in [3.63, 3.8) is 0 Å². The first-order chi connectivity index (χ1) is 10.7. The van der Waals surface area contributed by atoms with Gasteiger partial charge in [-0.15, -0.1) is 0 Å². The van der Waals surface area contributed by atoms with E-state index in [9.17, 15) is 4.79 Å². The molecule has 3 heteroatoms. The van der Waals surface area contributed by atoms with Gasteiger partial charge in [-0.3, -0.25) is 4.79 Å². The Morgan fingerprint density at radius 2 is 1.09 bits per heavy atom. The molecule has 0 aliphatic rings. The number of carbonyl (C=O) groups excluding carboxylic acids is 1. The van der Waals surface area contributed by atoms with Crippen LogP contribution in [0.5, 0.6) is 0 Å². The van der Waals surface area contributed by atoms with Gasteiger partial charge < -0.3 is 10.6 Å². The van der Waals surface area contributed by atoms with Gasteiger partial charge in [-0.1, -0.05) is 78.1 Å². The predicted molar refractivity (Wildman–Crippen MR) is 99.4 cm³/mol. The van der Waals surface area contributed by atoms with E-state index in [4.69, 9.17) is 0 Å². The van der Waals surface area contributed by atoms with E-state index < -0.39 is 0 Å². The molecule has 0 aliphatic carbocycles. The molecule has 22 heavy (non-hydrogen) atoms. The molecular weight excluding hydrogens is 272 g/mol. The summed E-state index contributed by atoms with van der Waals surface area (Å²) in [6, 6.07) is 0. The summed E-state index contributed by atoms with van der Waals surface area (Å²) >= 11 is 0. The first-order valence-corrected chi connectivity index (χ1v) is 9.58. The molecule has 0 aliphatic heterocycles. The Balaban J connectivity index is 0. The highest BCUT2D eigenvalue weighted by molar-refractivity contribution is 5.75. The number of hydrogen-bond donors (Lipinski definition) is 2. The minimum Gasteiger partial charge on any atom is -0.356 e. The van der Waals surface area contributed by atoms with Crippen molar-refractivity contribution >= 4 is 5.91 Å². The number of nitrogens with one attached hydrogen (secondary N) is 2. The molecular formula is C19H42N2O. The SMILES string of the molecule is CCCCCCCCCCCCCC(=O)NCCC.CNC. The van der Waals surface area contributed by atoms with Gasteiger partial charge in [-0.25, -0.2) is 0 Å². The fourth-order valence-electron chi connectivity index (χ4n) is 2.30. The molecule has 0 aromatic carbocycles. The molecule has 0 atom stereocenters. The van der Waals surface area contributed by atoms with Crippen LogP contribution < -0.4 is 10.6 Å². The van der Waals surface area contributed by atoms with Crippen molar-refractivity contribution in [2.24, 2.45) is 0 Å². The van der Waals surface area contributed by atoms with Crippen LogP contribution in [-0.2, 0) is 4.79 Å². The lowest BCUT2D eigenvalue weighted by atomic mass is 10.1. The number of rotatable bonds is 14. The molecule has 0 aromatic rings. The minimum atomic E-state index is 0.234. The van der Waals surface area contributed by atoms with Gasteiger partial charge in [0.15, 0.2) is 0 Å². The van der Waals surface area contributed by atoms with Crippen LogP contribution in [0.3, 0.4) is 0 Å². The van der Waals surface area contributed by atoms with E-state index in [1.165, 1.54) is 64.2 Å². The van der Waals surface area contributed by atoms with Crippen molar-refractivity contribution in [3.05, 3.63) is 0 Å². The molecule has 0 bridgehead atoms. The summed E-state index contributed by atoms with van der Waals surface area (Å²) in [7, 11) is 3.75. The second-order valence-electron chi connectivity index (χ2n) is 6.14. The van der Waals surface area contributed by atoms with Crippen LogP contribution in [0.1, 0.15) is 97.3 Å². The Hall–Kier alpha value is -0.570. The third-order valence-electron chi connectivity index (χ3n) is 3.58. The fraction of sp³-hybridized carbons (Fsp3) is 0.947. The average molecular weight is 315 g/mol. The summed E-state index contributed by atoms with van der Waals surface area (Å²) < 4.78 is 0. The van der Waals surface area contributed by atoms with Crippen LogP contribution in [0.2, 0.25) is 0 Å². The lowest BCUT2D eigenvalue weighted by Crippen LogP contribution is -2.23. The molecule has 2 N–H and O–H groups in total. The number of carbonyl (C=O) groups is 1. The molecule has 134 valence electrons. The van der Waals surface area contributed by atoms with Crippen molar-refractivity contribution < 1.29 is 4.79 Å². The van der Waals surface area contributed by atoms with Crippen LogP contribution >= 0.6 is 0 Å². The maximum Gasteiger partial charge on any atom is 0.219 e. The van der Waals surface area contributed by atoms with Gasteiger partial charge in [0.1, 0.15) is 0 Å². The van der Waals surface area contributed by atoms with Crippen molar-refractivity contribution in [3.8, 4) is 0 Å². The van der Waals surface area contributed by atoms with Crippen molar-refractivity contribution in [1.82, 2.24) is 10.6 Å². The molecule has 3 nitrogen and oxygen atoms in total. The summed E-state index contributed by atoms with van der Waals surface area (Å²) in [6.45, 7) is 5.18. The summed E-state index contributed by atoms with van der Waals surface area (Å²) in [5.41, 5.74) is 0. The maximum absolute atomic E-state index is 11.4. The normalized spacial score (nSPS) is 10.0. The lowest BCUT2D eigenvalue weighted by molar-refractivity contribution is -0.121. The monoisotopic (exact) mass is 314 g/mol. The van der Waals surface area contributed by atoms with E-state index in [0.717, 1.165) is 25.8 Å².